The van der Waals surface area contributed by atoms with E-state index >= 15 is 0 Å². The minimum absolute atomic E-state index is 0.210. The number of carbonyl (C=O) groups excluding carboxylic acids is 2. The normalized spacial score (nSPS) is 23.9. The number of amides is 2. The van der Waals surface area contributed by atoms with Crippen molar-refractivity contribution in [2.75, 3.05) is 39.3 Å². The summed E-state index contributed by atoms with van der Waals surface area (Å²) in [6.45, 7) is 6.70. The first-order valence-electron chi connectivity index (χ1n) is 10.8. The first kappa shape index (κ1) is 20.0. The number of aliphatic imine (C=N–C) groups is 1. The van der Waals surface area contributed by atoms with Crippen molar-refractivity contribution in [1.82, 2.24) is 20.4 Å². The Balaban J connectivity index is 1.44. The lowest BCUT2D eigenvalue weighted by Crippen LogP contribution is -2.45. The quantitative estimate of drug-likeness (QED) is 0.541. The number of nitrogens with one attached hydrogen (secondary N) is 2. The Kier molecular flexibility index (Phi) is 7.35. The van der Waals surface area contributed by atoms with E-state index < -0.39 is 0 Å². The van der Waals surface area contributed by atoms with Crippen molar-refractivity contribution in [2.45, 2.75) is 64.3 Å². The van der Waals surface area contributed by atoms with Gasteiger partial charge in [-0.25, -0.2) is 0 Å². The van der Waals surface area contributed by atoms with Crippen LogP contribution in [-0.4, -0.2) is 72.9 Å². The number of carbonyl (C=O) groups is 2. The van der Waals surface area contributed by atoms with Crippen molar-refractivity contribution < 1.29 is 9.59 Å². The molecule has 0 spiro atoms. The average molecular weight is 378 g/mol. The summed E-state index contributed by atoms with van der Waals surface area (Å²) in [4.78, 5) is 33.3. The lowest BCUT2D eigenvalue weighted by Gasteiger charge is -2.21. The molecule has 2 saturated heterocycles. The zero-order valence-electron chi connectivity index (χ0n) is 16.7. The van der Waals surface area contributed by atoms with Crippen LogP contribution in [0.25, 0.3) is 0 Å². The van der Waals surface area contributed by atoms with E-state index in [0.29, 0.717) is 18.9 Å². The third-order valence-electron chi connectivity index (χ3n) is 5.94. The topological polar surface area (TPSA) is 77.0 Å². The van der Waals surface area contributed by atoms with E-state index in [1.807, 2.05) is 16.7 Å². The van der Waals surface area contributed by atoms with Crippen LogP contribution in [0, 0.1) is 5.92 Å². The van der Waals surface area contributed by atoms with E-state index in [1.165, 1.54) is 12.8 Å². The van der Waals surface area contributed by atoms with Crippen molar-refractivity contribution >= 4 is 17.8 Å². The van der Waals surface area contributed by atoms with Gasteiger partial charge in [-0.2, -0.15) is 0 Å². The first-order valence-corrected chi connectivity index (χ1v) is 10.8. The minimum atomic E-state index is 0.210. The number of nitrogens with zero attached hydrogens (tertiary/aromatic N) is 3. The van der Waals surface area contributed by atoms with Crippen LogP contribution in [0.2, 0.25) is 0 Å². The maximum atomic E-state index is 12.6. The molecular weight excluding hydrogens is 342 g/mol. The van der Waals surface area contributed by atoms with Gasteiger partial charge in [0.25, 0.3) is 0 Å². The summed E-state index contributed by atoms with van der Waals surface area (Å²) in [5, 5.41) is 6.72. The van der Waals surface area contributed by atoms with E-state index in [1.54, 1.807) is 0 Å². The molecule has 27 heavy (non-hydrogen) atoms. The van der Waals surface area contributed by atoms with Gasteiger partial charge in [0.2, 0.25) is 11.8 Å². The second kappa shape index (κ2) is 9.95. The smallest absolute Gasteiger partial charge is 0.225 e. The highest BCUT2D eigenvalue weighted by Crippen LogP contribution is 2.27. The molecule has 3 aliphatic rings. The first-order chi connectivity index (χ1) is 13.2. The molecule has 7 heteroatoms. The van der Waals surface area contributed by atoms with Gasteiger partial charge >= 0.3 is 0 Å². The van der Waals surface area contributed by atoms with Gasteiger partial charge in [-0.1, -0.05) is 12.8 Å². The summed E-state index contributed by atoms with van der Waals surface area (Å²) in [5.74, 6) is 1.56. The van der Waals surface area contributed by atoms with Crippen LogP contribution >= 0.6 is 0 Å². The van der Waals surface area contributed by atoms with Gasteiger partial charge in [-0.15, -0.1) is 0 Å². The maximum absolute atomic E-state index is 12.6. The average Bonchev–Trinajstić information content (AvgIpc) is 3.42. The van der Waals surface area contributed by atoms with Gasteiger partial charge in [0.05, 0.1) is 6.54 Å². The van der Waals surface area contributed by atoms with Crippen molar-refractivity contribution in [3.8, 4) is 0 Å². The number of hydrogen-bond donors (Lipinski definition) is 2. The molecule has 2 heterocycles. The number of rotatable bonds is 6. The van der Waals surface area contributed by atoms with Gasteiger partial charge in [0, 0.05) is 51.1 Å². The molecule has 7 nitrogen and oxygen atoms in total. The van der Waals surface area contributed by atoms with Crippen LogP contribution in [0.15, 0.2) is 4.99 Å². The molecule has 1 atom stereocenters. The molecule has 2 amide bonds. The molecule has 1 aliphatic carbocycles. The van der Waals surface area contributed by atoms with Gasteiger partial charge < -0.3 is 20.4 Å². The van der Waals surface area contributed by atoms with E-state index in [4.69, 9.17) is 0 Å². The van der Waals surface area contributed by atoms with Crippen LogP contribution in [0.1, 0.15) is 58.3 Å². The molecule has 3 rings (SSSR count). The summed E-state index contributed by atoms with van der Waals surface area (Å²) in [7, 11) is 0. The van der Waals surface area contributed by atoms with E-state index in [9.17, 15) is 9.59 Å². The number of guanidine groups is 1. The van der Waals surface area contributed by atoms with Crippen molar-refractivity contribution in [3.05, 3.63) is 0 Å². The Hall–Kier alpha value is -1.79. The van der Waals surface area contributed by atoms with Gasteiger partial charge in [0.15, 0.2) is 5.96 Å². The fraction of sp³-hybridized carbons (Fsp3) is 0.850. The van der Waals surface area contributed by atoms with Gasteiger partial charge in [-0.05, 0) is 39.0 Å². The summed E-state index contributed by atoms with van der Waals surface area (Å²) in [5.41, 5.74) is 0. The highest BCUT2D eigenvalue weighted by molar-refractivity contribution is 5.82. The molecule has 0 radical (unpaired) electrons. The predicted molar refractivity (Wildman–Crippen MR) is 106 cm³/mol. The predicted octanol–water partition coefficient (Wildman–Crippen LogP) is 1.35. The van der Waals surface area contributed by atoms with Crippen LogP contribution < -0.4 is 10.6 Å². The molecule has 0 aromatic heterocycles. The SMILES string of the molecule is CCNC(=NCCC(=O)N1CCCC1)NC1CCN(C(=O)C2CCCC2)C1. The van der Waals surface area contributed by atoms with Crippen molar-refractivity contribution in [2.24, 2.45) is 10.9 Å². The Morgan fingerprint density at radius 1 is 1.00 bits per heavy atom. The summed E-state index contributed by atoms with van der Waals surface area (Å²) in [6.07, 6.45) is 8.17. The van der Waals surface area contributed by atoms with Crippen molar-refractivity contribution in [3.63, 3.8) is 0 Å². The van der Waals surface area contributed by atoms with Gasteiger partial charge in [0.1, 0.15) is 0 Å². The maximum Gasteiger partial charge on any atom is 0.225 e. The lowest BCUT2D eigenvalue weighted by atomic mass is 10.1. The third-order valence-corrected chi connectivity index (χ3v) is 5.94. The van der Waals surface area contributed by atoms with Crippen molar-refractivity contribution in [1.29, 1.82) is 0 Å². The highest BCUT2D eigenvalue weighted by Gasteiger charge is 2.32. The molecule has 0 aromatic rings. The van der Waals surface area contributed by atoms with E-state index in [0.717, 1.165) is 70.8 Å². The Labute approximate surface area is 162 Å². The monoisotopic (exact) mass is 377 g/mol. The molecule has 0 bridgehead atoms. The Bertz CT molecular complexity index is 538. The zero-order valence-corrected chi connectivity index (χ0v) is 16.7. The standard InChI is InChI=1S/C20H35N5O2/c1-2-21-20(22-11-9-18(26)24-12-5-6-13-24)23-17-10-14-25(15-17)19(27)16-7-3-4-8-16/h16-17H,2-15H2,1H3,(H2,21,22,23). The number of likely N-dealkylation sites (tertiary alicyclic amines) is 2. The molecule has 152 valence electrons. The fourth-order valence-corrected chi connectivity index (χ4v) is 4.41. The molecular formula is C20H35N5O2. The molecule has 1 saturated carbocycles. The lowest BCUT2D eigenvalue weighted by molar-refractivity contribution is -0.134. The van der Waals surface area contributed by atoms with Crippen LogP contribution in [-0.2, 0) is 9.59 Å². The van der Waals surface area contributed by atoms with Gasteiger partial charge in [-0.3, -0.25) is 14.6 Å². The van der Waals surface area contributed by atoms with E-state index in [2.05, 4.69) is 15.6 Å². The molecule has 0 aromatic carbocycles. The molecule has 3 fully saturated rings. The van der Waals surface area contributed by atoms with Crippen LogP contribution in [0.3, 0.4) is 0 Å². The van der Waals surface area contributed by atoms with E-state index in [-0.39, 0.29) is 17.9 Å². The second-order valence-electron chi connectivity index (χ2n) is 7.99. The zero-order chi connectivity index (χ0) is 19.1. The second-order valence-corrected chi connectivity index (χ2v) is 7.99. The number of hydrogen-bond acceptors (Lipinski definition) is 3. The van der Waals surface area contributed by atoms with Crippen LogP contribution in [0.4, 0.5) is 0 Å². The summed E-state index contributed by atoms with van der Waals surface area (Å²) >= 11 is 0. The summed E-state index contributed by atoms with van der Waals surface area (Å²) in [6, 6.07) is 0.238. The third kappa shape index (κ3) is 5.59. The summed E-state index contributed by atoms with van der Waals surface area (Å²) < 4.78 is 0. The molecule has 1 unspecified atom stereocenters. The molecule has 2 aliphatic heterocycles. The molecule has 2 N–H and O–H groups in total. The highest BCUT2D eigenvalue weighted by atomic mass is 16.2. The Morgan fingerprint density at radius 2 is 1.74 bits per heavy atom. The van der Waals surface area contributed by atoms with Crippen LogP contribution in [0.5, 0.6) is 0 Å². The Morgan fingerprint density at radius 3 is 2.44 bits per heavy atom. The largest absolute Gasteiger partial charge is 0.357 e. The minimum Gasteiger partial charge on any atom is -0.357 e. The fourth-order valence-electron chi connectivity index (χ4n) is 4.41.